The highest BCUT2D eigenvalue weighted by Gasteiger charge is 2.22. The number of pyridine rings is 1. The second-order valence-electron chi connectivity index (χ2n) is 5.76. The molecule has 1 atom stereocenters. The molecule has 0 aliphatic heterocycles. The summed E-state index contributed by atoms with van der Waals surface area (Å²) in [7, 11) is 0. The number of nitrogens with one attached hydrogen (secondary N) is 1. The van der Waals surface area contributed by atoms with E-state index in [1.807, 2.05) is 23.9 Å². The topological polar surface area (TPSA) is 33.0 Å². The monoisotopic (exact) mass is 315 g/mol. The molecular formula is C19H24FN2O+. The number of hydrogen-bond acceptors (Lipinski definition) is 1. The van der Waals surface area contributed by atoms with Crippen LogP contribution in [0, 0.1) is 5.82 Å². The van der Waals surface area contributed by atoms with Crippen molar-refractivity contribution in [1.29, 1.82) is 0 Å². The molecule has 2 rings (SSSR count). The van der Waals surface area contributed by atoms with E-state index in [4.69, 9.17) is 0 Å². The maximum atomic E-state index is 12.9. The minimum atomic E-state index is -0.337. The van der Waals surface area contributed by atoms with Gasteiger partial charge in [-0.25, -0.2) is 4.39 Å². The number of halogens is 1. The number of aromatic nitrogens is 1. The van der Waals surface area contributed by atoms with Gasteiger partial charge in [-0.2, -0.15) is 4.57 Å². The van der Waals surface area contributed by atoms with Gasteiger partial charge < -0.3 is 5.32 Å². The Bertz CT molecular complexity index is 633. The number of carbonyl (C=O) groups is 1. The Hall–Kier alpha value is -2.23. The third-order valence-electron chi connectivity index (χ3n) is 4.27. The van der Waals surface area contributed by atoms with Crippen LogP contribution in [0.2, 0.25) is 0 Å². The van der Waals surface area contributed by atoms with Gasteiger partial charge >= 0.3 is 0 Å². The van der Waals surface area contributed by atoms with Crippen molar-refractivity contribution in [3.8, 4) is 0 Å². The van der Waals surface area contributed by atoms with Crippen LogP contribution in [0.4, 0.5) is 10.1 Å². The van der Waals surface area contributed by atoms with Crippen molar-refractivity contribution < 1.29 is 13.8 Å². The molecule has 4 heteroatoms. The molecule has 0 fully saturated rings. The highest BCUT2D eigenvalue weighted by atomic mass is 19.1. The summed E-state index contributed by atoms with van der Waals surface area (Å²) in [5.41, 5.74) is 1.90. The van der Waals surface area contributed by atoms with Crippen molar-refractivity contribution >= 4 is 11.6 Å². The van der Waals surface area contributed by atoms with E-state index >= 15 is 0 Å². The Labute approximate surface area is 137 Å². The van der Waals surface area contributed by atoms with E-state index in [0.29, 0.717) is 11.6 Å². The zero-order valence-corrected chi connectivity index (χ0v) is 13.9. The average molecular weight is 315 g/mol. The molecule has 0 bridgehead atoms. The summed E-state index contributed by atoms with van der Waals surface area (Å²) >= 11 is 0. The van der Waals surface area contributed by atoms with Crippen LogP contribution >= 0.6 is 0 Å². The fourth-order valence-electron chi connectivity index (χ4n) is 2.66. The van der Waals surface area contributed by atoms with E-state index in [-0.39, 0.29) is 17.8 Å². The Morgan fingerprint density at radius 2 is 1.65 bits per heavy atom. The van der Waals surface area contributed by atoms with Crippen LogP contribution in [0.25, 0.3) is 0 Å². The molecule has 0 unspecified atom stereocenters. The first-order valence-corrected chi connectivity index (χ1v) is 8.12. The lowest BCUT2D eigenvalue weighted by Gasteiger charge is -2.13. The van der Waals surface area contributed by atoms with Gasteiger partial charge in [-0.15, -0.1) is 0 Å². The Balaban J connectivity index is 2.05. The molecular weight excluding hydrogens is 291 g/mol. The number of hydrogen-bond donors (Lipinski definition) is 1. The van der Waals surface area contributed by atoms with E-state index in [1.165, 1.54) is 17.7 Å². The summed E-state index contributed by atoms with van der Waals surface area (Å²) in [5.74, 6) is 0.118. The first-order valence-electron chi connectivity index (χ1n) is 8.12. The Kier molecular flexibility index (Phi) is 5.85. The third kappa shape index (κ3) is 4.38. The van der Waals surface area contributed by atoms with E-state index in [9.17, 15) is 9.18 Å². The number of benzene rings is 1. The highest BCUT2D eigenvalue weighted by molar-refractivity contribution is 5.92. The predicted molar refractivity (Wildman–Crippen MR) is 89.7 cm³/mol. The van der Waals surface area contributed by atoms with Crippen molar-refractivity contribution in [2.75, 3.05) is 5.32 Å². The Morgan fingerprint density at radius 3 is 2.17 bits per heavy atom. The molecule has 0 saturated carbocycles. The van der Waals surface area contributed by atoms with E-state index in [0.717, 1.165) is 12.8 Å². The maximum absolute atomic E-state index is 12.9. The van der Waals surface area contributed by atoms with Crippen LogP contribution in [-0.4, -0.2) is 5.91 Å². The SMILES string of the molecule is CCC(CC)c1cc[n+]([C@H](C)C(=O)Nc2ccc(F)cc2)cc1. The molecule has 0 aliphatic rings. The molecule has 1 N–H and O–H groups in total. The predicted octanol–water partition coefficient (Wildman–Crippen LogP) is 4.22. The molecule has 1 aromatic carbocycles. The van der Waals surface area contributed by atoms with E-state index < -0.39 is 0 Å². The zero-order valence-electron chi connectivity index (χ0n) is 13.9. The normalized spacial score (nSPS) is 12.2. The van der Waals surface area contributed by atoms with Gasteiger partial charge in [-0.1, -0.05) is 13.8 Å². The fourth-order valence-corrected chi connectivity index (χ4v) is 2.66. The Morgan fingerprint density at radius 1 is 1.09 bits per heavy atom. The molecule has 2 aromatic rings. The summed E-state index contributed by atoms with van der Waals surface area (Å²) in [6.07, 6.45) is 6.12. The number of anilines is 1. The molecule has 1 amide bonds. The van der Waals surface area contributed by atoms with Crippen LogP contribution in [-0.2, 0) is 4.79 Å². The maximum Gasteiger partial charge on any atom is 0.293 e. The summed E-state index contributed by atoms with van der Waals surface area (Å²) in [5, 5.41) is 2.80. The second-order valence-corrected chi connectivity index (χ2v) is 5.76. The minimum absolute atomic E-state index is 0.128. The quantitative estimate of drug-likeness (QED) is 0.796. The molecule has 3 nitrogen and oxygen atoms in total. The lowest BCUT2D eigenvalue weighted by Crippen LogP contribution is -2.44. The molecule has 122 valence electrons. The van der Waals surface area contributed by atoms with Crippen molar-refractivity contribution in [3.05, 3.63) is 60.2 Å². The van der Waals surface area contributed by atoms with Crippen LogP contribution < -0.4 is 9.88 Å². The summed E-state index contributed by atoms with van der Waals surface area (Å²) in [4.78, 5) is 12.3. The van der Waals surface area contributed by atoms with Crippen LogP contribution in [0.5, 0.6) is 0 Å². The van der Waals surface area contributed by atoms with Gasteiger partial charge in [0.1, 0.15) is 5.82 Å². The summed E-state index contributed by atoms with van der Waals surface area (Å²) < 4.78 is 14.8. The van der Waals surface area contributed by atoms with Crippen LogP contribution in [0.1, 0.15) is 51.1 Å². The minimum Gasteiger partial charge on any atom is -0.320 e. The van der Waals surface area contributed by atoms with Gasteiger partial charge in [0.2, 0.25) is 6.04 Å². The van der Waals surface area contributed by atoms with Gasteiger partial charge in [0.25, 0.3) is 5.91 Å². The van der Waals surface area contributed by atoms with E-state index in [1.54, 1.807) is 12.1 Å². The number of amides is 1. The molecule has 1 aromatic heterocycles. The van der Waals surface area contributed by atoms with Gasteiger partial charge in [0, 0.05) is 24.7 Å². The highest BCUT2D eigenvalue weighted by Crippen LogP contribution is 2.21. The lowest BCUT2D eigenvalue weighted by atomic mass is 9.95. The molecule has 0 aliphatic carbocycles. The lowest BCUT2D eigenvalue weighted by molar-refractivity contribution is -0.705. The summed E-state index contributed by atoms with van der Waals surface area (Å²) in [6, 6.07) is 9.60. The van der Waals surface area contributed by atoms with E-state index in [2.05, 4.69) is 31.3 Å². The van der Waals surface area contributed by atoms with Crippen molar-refractivity contribution in [2.45, 2.75) is 45.6 Å². The number of carbonyl (C=O) groups excluding carboxylic acids is 1. The zero-order chi connectivity index (χ0) is 16.8. The third-order valence-corrected chi connectivity index (χ3v) is 4.27. The smallest absolute Gasteiger partial charge is 0.293 e. The number of rotatable bonds is 6. The van der Waals surface area contributed by atoms with Gasteiger partial charge in [0.05, 0.1) is 0 Å². The van der Waals surface area contributed by atoms with Gasteiger partial charge in [0.15, 0.2) is 12.4 Å². The second kappa shape index (κ2) is 7.86. The van der Waals surface area contributed by atoms with Crippen molar-refractivity contribution in [1.82, 2.24) is 0 Å². The van der Waals surface area contributed by atoms with Crippen LogP contribution in [0.3, 0.4) is 0 Å². The van der Waals surface area contributed by atoms with Crippen molar-refractivity contribution in [2.24, 2.45) is 0 Å². The average Bonchev–Trinajstić information content (AvgIpc) is 2.58. The molecule has 0 radical (unpaired) electrons. The standard InChI is InChI=1S/C19H23FN2O/c1-4-15(5-2)16-10-12-22(13-11-16)14(3)19(23)21-18-8-6-17(20)7-9-18/h6-15H,4-5H2,1-3H3/p+1/t14-/m1/s1. The first kappa shape index (κ1) is 17.1. The molecule has 23 heavy (non-hydrogen) atoms. The molecule has 0 saturated heterocycles. The largest absolute Gasteiger partial charge is 0.320 e. The van der Waals surface area contributed by atoms with Crippen LogP contribution in [0.15, 0.2) is 48.8 Å². The molecule has 0 spiro atoms. The molecule has 1 heterocycles. The van der Waals surface area contributed by atoms with Crippen molar-refractivity contribution in [3.63, 3.8) is 0 Å². The number of nitrogens with zero attached hydrogens (tertiary/aromatic N) is 1. The fraction of sp³-hybridized carbons (Fsp3) is 0.368. The van der Waals surface area contributed by atoms with Gasteiger partial charge in [-0.3, -0.25) is 4.79 Å². The summed E-state index contributed by atoms with van der Waals surface area (Å²) in [6.45, 7) is 6.22. The van der Waals surface area contributed by atoms with Gasteiger partial charge in [-0.05, 0) is 48.6 Å². The first-order chi connectivity index (χ1) is 11.0.